The van der Waals surface area contributed by atoms with Gasteiger partial charge in [0.15, 0.2) is 0 Å². The van der Waals surface area contributed by atoms with E-state index in [-0.39, 0.29) is 11.4 Å². The number of aromatic amines is 1. The Morgan fingerprint density at radius 3 is 2.55 bits per heavy atom. The van der Waals surface area contributed by atoms with E-state index in [1.807, 2.05) is 25.1 Å². The molecule has 1 aliphatic rings. The van der Waals surface area contributed by atoms with E-state index in [2.05, 4.69) is 27.6 Å². The number of rotatable bonds is 3. The molecule has 0 bridgehead atoms. The minimum Gasteiger partial charge on any atom is -0.341 e. The minimum atomic E-state index is -0.231. The van der Waals surface area contributed by atoms with Crippen molar-refractivity contribution < 1.29 is 4.79 Å². The molecular weight excluding hydrogens is 250 g/mol. The zero-order valence-corrected chi connectivity index (χ0v) is 11.6. The van der Waals surface area contributed by atoms with Crippen LogP contribution in [0, 0.1) is 6.92 Å². The summed E-state index contributed by atoms with van der Waals surface area (Å²) >= 11 is 0. The number of hydrogen-bond acceptors (Lipinski definition) is 2. The number of aromatic nitrogens is 2. The first-order valence-corrected chi connectivity index (χ1v) is 7.10. The smallest absolute Gasteiger partial charge is 0.272 e. The fourth-order valence-corrected chi connectivity index (χ4v) is 3.04. The first-order valence-electron chi connectivity index (χ1n) is 7.10. The van der Waals surface area contributed by atoms with Gasteiger partial charge in [0, 0.05) is 5.69 Å². The fourth-order valence-electron chi connectivity index (χ4n) is 3.04. The molecule has 4 nitrogen and oxygen atoms in total. The molecule has 1 heterocycles. The lowest BCUT2D eigenvalue weighted by Crippen LogP contribution is -2.43. The second-order valence-corrected chi connectivity index (χ2v) is 5.55. The van der Waals surface area contributed by atoms with Gasteiger partial charge in [-0.3, -0.25) is 9.89 Å². The highest BCUT2D eigenvalue weighted by molar-refractivity contribution is 5.93. The maximum Gasteiger partial charge on any atom is 0.272 e. The van der Waals surface area contributed by atoms with E-state index in [4.69, 9.17) is 0 Å². The quantitative estimate of drug-likeness (QED) is 0.900. The van der Waals surface area contributed by atoms with Crippen LogP contribution in [0.2, 0.25) is 0 Å². The molecule has 3 rings (SSSR count). The molecule has 1 aromatic heterocycles. The number of aryl methyl sites for hydroxylation is 1. The van der Waals surface area contributed by atoms with E-state index in [9.17, 15) is 4.79 Å². The van der Waals surface area contributed by atoms with Gasteiger partial charge >= 0.3 is 0 Å². The monoisotopic (exact) mass is 269 g/mol. The standard InChI is InChI=1S/C16H19N3O/c1-12-11-14(19-18-12)15(20)17-16(9-5-6-10-16)13-7-3-2-4-8-13/h2-4,7-8,11H,5-6,9-10H2,1H3,(H,17,20)(H,18,19). The molecule has 0 saturated heterocycles. The highest BCUT2D eigenvalue weighted by atomic mass is 16.2. The second kappa shape index (κ2) is 5.12. The van der Waals surface area contributed by atoms with Crippen molar-refractivity contribution >= 4 is 5.91 Å². The summed E-state index contributed by atoms with van der Waals surface area (Å²) in [6, 6.07) is 12.0. The third-order valence-electron chi connectivity index (χ3n) is 4.07. The molecule has 2 aromatic rings. The van der Waals surface area contributed by atoms with Crippen LogP contribution in [0.25, 0.3) is 0 Å². The lowest BCUT2D eigenvalue weighted by atomic mass is 9.88. The second-order valence-electron chi connectivity index (χ2n) is 5.55. The Labute approximate surface area is 118 Å². The van der Waals surface area contributed by atoms with Gasteiger partial charge in [-0.25, -0.2) is 0 Å². The van der Waals surface area contributed by atoms with Gasteiger partial charge in [-0.1, -0.05) is 43.2 Å². The summed E-state index contributed by atoms with van der Waals surface area (Å²) in [4.78, 5) is 12.4. The first-order chi connectivity index (χ1) is 9.70. The summed E-state index contributed by atoms with van der Waals surface area (Å²) in [5.41, 5.74) is 2.32. The van der Waals surface area contributed by atoms with Crippen LogP contribution >= 0.6 is 0 Å². The number of carbonyl (C=O) groups is 1. The molecule has 0 aliphatic heterocycles. The van der Waals surface area contributed by atoms with Gasteiger partial charge in [0.25, 0.3) is 5.91 Å². The van der Waals surface area contributed by atoms with Crippen molar-refractivity contribution in [1.29, 1.82) is 0 Å². The highest BCUT2D eigenvalue weighted by Gasteiger charge is 2.37. The average molecular weight is 269 g/mol. The normalized spacial score (nSPS) is 17.1. The summed E-state index contributed by atoms with van der Waals surface area (Å²) in [7, 11) is 0. The van der Waals surface area contributed by atoms with Crippen molar-refractivity contribution in [3.63, 3.8) is 0 Å². The third kappa shape index (κ3) is 2.33. The summed E-state index contributed by atoms with van der Waals surface area (Å²) in [5, 5.41) is 10.1. The van der Waals surface area contributed by atoms with Gasteiger partial charge in [-0.2, -0.15) is 5.10 Å². The van der Waals surface area contributed by atoms with Gasteiger partial charge in [0.2, 0.25) is 0 Å². The Balaban J connectivity index is 1.87. The molecule has 2 N–H and O–H groups in total. The zero-order valence-electron chi connectivity index (χ0n) is 11.6. The Morgan fingerprint density at radius 1 is 1.25 bits per heavy atom. The molecule has 20 heavy (non-hydrogen) atoms. The van der Waals surface area contributed by atoms with Crippen LogP contribution in [0.1, 0.15) is 47.4 Å². The van der Waals surface area contributed by atoms with Crippen molar-refractivity contribution in [3.8, 4) is 0 Å². The SMILES string of the molecule is Cc1cc(C(=O)NC2(c3ccccc3)CCCC2)n[nH]1. The zero-order chi connectivity index (χ0) is 14.0. The Bertz CT molecular complexity index is 597. The van der Waals surface area contributed by atoms with E-state index in [0.717, 1.165) is 31.4 Å². The lowest BCUT2D eigenvalue weighted by molar-refractivity contribution is 0.0893. The molecule has 0 radical (unpaired) electrons. The molecule has 1 aliphatic carbocycles. The average Bonchev–Trinajstić information content (AvgIpc) is 3.10. The summed E-state index contributed by atoms with van der Waals surface area (Å²) < 4.78 is 0. The minimum absolute atomic E-state index is 0.0971. The molecule has 0 atom stereocenters. The van der Waals surface area contributed by atoms with Gasteiger partial charge in [0.1, 0.15) is 5.69 Å². The van der Waals surface area contributed by atoms with Crippen molar-refractivity contribution in [2.45, 2.75) is 38.1 Å². The van der Waals surface area contributed by atoms with Crippen molar-refractivity contribution in [2.24, 2.45) is 0 Å². The number of benzene rings is 1. The fraction of sp³-hybridized carbons (Fsp3) is 0.375. The number of H-pyrrole nitrogens is 1. The number of hydrogen-bond donors (Lipinski definition) is 2. The maximum absolute atomic E-state index is 12.4. The predicted octanol–water partition coefficient (Wildman–Crippen LogP) is 2.92. The van der Waals surface area contributed by atoms with Crippen molar-refractivity contribution in [3.05, 3.63) is 53.3 Å². The molecule has 1 amide bonds. The van der Waals surface area contributed by atoms with E-state index in [1.54, 1.807) is 6.07 Å². The number of amides is 1. The van der Waals surface area contributed by atoms with Crippen molar-refractivity contribution in [2.75, 3.05) is 0 Å². The molecule has 0 spiro atoms. The van der Waals surface area contributed by atoms with Crippen LogP contribution in [-0.4, -0.2) is 16.1 Å². The predicted molar refractivity (Wildman–Crippen MR) is 77.4 cm³/mol. The summed E-state index contributed by atoms with van der Waals surface area (Å²) in [6.45, 7) is 1.90. The number of carbonyl (C=O) groups excluding carboxylic acids is 1. The molecule has 1 fully saturated rings. The summed E-state index contributed by atoms with van der Waals surface area (Å²) in [6.07, 6.45) is 4.28. The van der Waals surface area contributed by atoms with Crippen LogP contribution in [0.4, 0.5) is 0 Å². The topological polar surface area (TPSA) is 57.8 Å². The lowest BCUT2D eigenvalue weighted by Gasteiger charge is -2.30. The summed E-state index contributed by atoms with van der Waals surface area (Å²) in [5.74, 6) is -0.0971. The number of nitrogens with zero attached hydrogens (tertiary/aromatic N) is 1. The Morgan fingerprint density at radius 2 is 1.95 bits per heavy atom. The van der Waals surface area contributed by atoms with Crippen LogP contribution < -0.4 is 5.32 Å². The van der Waals surface area contributed by atoms with Gasteiger partial charge in [0.05, 0.1) is 5.54 Å². The maximum atomic E-state index is 12.4. The Hall–Kier alpha value is -2.10. The van der Waals surface area contributed by atoms with Crippen LogP contribution in [0.5, 0.6) is 0 Å². The molecule has 1 aromatic carbocycles. The van der Waals surface area contributed by atoms with Crippen LogP contribution in [0.3, 0.4) is 0 Å². The van der Waals surface area contributed by atoms with E-state index in [0.29, 0.717) is 5.69 Å². The molecule has 0 unspecified atom stereocenters. The molecule has 4 heteroatoms. The largest absolute Gasteiger partial charge is 0.341 e. The van der Waals surface area contributed by atoms with Crippen molar-refractivity contribution in [1.82, 2.24) is 15.5 Å². The Kier molecular flexibility index (Phi) is 3.30. The molecule has 104 valence electrons. The van der Waals surface area contributed by atoms with Gasteiger partial charge < -0.3 is 5.32 Å². The third-order valence-corrected chi connectivity index (χ3v) is 4.07. The van der Waals surface area contributed by atoms with E-state index >= 15 is 0 Å². The van der Waals surface area contributed by atoms with Crippen LogP contribution in [0.15, 0.2) is 36.4 Å². The first kappa shape index (κ1) is 12.9. The highest BCUT2D eigenvalue weighted by Crippen LogP contribution is 2.38. The van der Waals surface area contributed by atoms with Gasteiger partial charge in [-0.05, 0) is 31.4 Å². The molecular formula is C16H19N3O. The number of nitrogens with one attached hydrogen (secondary N) is 2. The van der Waals surface area contributed by atoms with Gasteiger partial charge in [-0.15, -0.1) is 0 Å². The molecule has 1 saturated carbocycles. The van der Waals surface area contributed by atoms with E-state index in [1.165, 1.54) is 5.56 Å². The van der Waals surface area contributed by atoms with Crippen LogP contribution in [-0.2, 0) is 5.54 Å². The van der Waals surface area contributed by atoms with E-state index < -0.39 is 0 Å².